The molecule has 1 aliphatic rings. The van der Waals surface area contributed by atoms with Crippen molar-refractivity contribution in [1.82, 2.24) is 10.1 Å². The maximum absolute atomic E-state index is 5.94. The second-order valence-corrected chi connectivity index (χ2v) is 4.89. The van der Waals surface area contributed by atoms with E-state index in [0.29, 0.717) is 23.9 Å². The van der Waals surface area contributed by atoms with E-state index in [-0.39, 0.29) is 0 Å². The molecule has 0 bridgehead atoms. The monoisotopic (exact) mass is 238 g/mol. The molecular formula is C12H22N4O. The summed E-state index contributed by atoms with van der Waals surface area (Å²) in [5.41, 5.74) is 5.94. The lowest BCUT2D eigenvalue weighted by Crippen LogP contribution is -2.41. The van der Waals surface area contributed by atoms with Crippen molar-refractivity contribution in [2.75, 3.05) is 11.4 Å². The van der Waals surface area contributed by atoms with E-state index in [1.165, 1.54) is 0 Å². The molecule has 0 saturated heterocycles. The summed E-state index contributed by atoms with van der Waals surface area (Å²) in [5.74, 6) is 0.702. The Bertz CT molecular complexity index is 344. The van der Waals surface area contributed by atoms with Crippen molar-refractivity contribution in [2.24, 2.45) is 5.73 Å². The molecule has 96 valence electrons. The van der Waals surface area contributed by atoms with Crippen LogP contribution in [0.15, 0.2) is 4.52 Å². The summed E-state index contributed by atoms with van der Waals surface area (Å²) in [6.45, 7) is 5.00. The van der Waals surface area contributed by atoms with E-state index in [2.05, 4.69) is 22.0 Å². The van der Waals surface area contributed by atoms with E-state index in [0.717, 1.165) is 38.6 Å². The maximum atomic E-state index is 5.94. The molecule has 0 unspecified atom stereocenters. The fourth-order valence-electron chi connectivity index (χ4n) is 2.49. The first-order valence-corrected chi connectivity index (χ1v) is 6.53. The van der Waals surface area contributed by atoms with Crippen LogP contribution < -0.4 is 10.6 Å². The molecular weight excluding hydrogens is 216 g/mol. The average molecular weight is 238 g/mol. The number of nitrogens with two attached hydrogens (primary N) is 1. The highest BCUT2D eigenvalue weighted by Gasteiger charge is 2.26. The lowest BCUT2D eigenvalue weighted by molar-refractivity contribution is 0.342. The van der Waals surface area contributed by atoms with Crippen LogP contribution in [0.1, 0.15) is 44.9 Å². The van der Waals surface area contributed by atoms with E-state index in [1.807, 2.05) is 6.92 Å². The van der Waals surface area contributed by atoms with Crippen molar-refractivity contribution in [2.45, 2.75) is 58.0 Å². The van der Waals surface area contributed by atoms with Crippen LogP contribution in [0.3, 0.4) is 0 Å². The highest BCUT2D eigenvalue weighted by atomic mass is 16.5. The molecule has 2 N–H and O–H groups in total. The zero-order valence-corrected chi connectivity index (χ0v) is 10.7. The Hall–Kier alpha value is -1.10. The van der Waals surface area contributed by atoms with Gasteiger partial charge in [0, 0.05) is 18.6 Å². The number of hydrogen-bond donors (Lipinski definition) is 1. The molecule has 0 amide bonds. The van der Waals surface area contributed by atoms with E-state index in [9.17, 15) is 0 Å². The van der Waals surface area contributed by atoms with E-state index in [1.54, 1.807) is 0 Å². The molecule has 1 aromatic heterocycles. The minimum absolute atomic E-state index is 0.374. The first kappa shape index (κ1) is 12.4. The predicted octanol–water partition coefficient (Wildman–Crippen LogP) is 1.86. The fourth-order valence-corrected chi connectivity index (χ4v) is 2.49. The van der Waals surface area contributed by atoms with Gasteiger partial charge in [-0.15, -0.1) is 0 Å². The summed E-state index contributed by atoms with van der Waals surface area (Å²) in [4.78, 5) is 6.60. The molecule has 0 aliphatic heterocycles. The molecule has 0 radical (unpaired) electrons. The third kappa shape index (κ3) is 2.97. The van der Waals surface area contributed by atoms with Crippen molar-refractivity contribution in [1.29, 1.82) is 0 Å². The van der Waals surface area contributed by atoms with Crippen LogP contribution in [0.5, 0.6) is 0 Å². The Balaban J connectivity index is 2.06. The molecule has 5 heteroatoms. The van der Waals surface area contributed by atoms with Gasteiger partial charge >= 0.3 is 6.01 Å². The summed E-state index contributed by atoms with van der Waals surface area (Å²) in [7, 11) is 0. The van der Waals surface area contributed by atoms with E-state index in [4.69, 9.17) is 10.3 Å². The molecule has 1 aromatic rings. The van der Waals surface area contributed by atoms with Crippen molar-refractivity contribution in [3.63, 3.8) is 0 Å². The highest BCUT2D eigenvalue weighted by molar-refractivity contribution is 5.27. The topological polar surface area (TPSA) is 68.2 Å². The summed E-state index contributed by atoms with van der Waals surface area (Å²) >= 11 is 0. The minimum atomic E-state index is 0.374. The Morgan fingerprint density at radius 2 is 2.06 bits per heavy atom. The maximum Gasteiger partial charge on any atom is 0.324 e. The molecule has 2 rings (SSSR count). The van der Waals surface area contributed by atoms with Crippen molar-refractivity contribution in [3.8, 4) is 0 Å². The Morgan fingerprint density at radius 3 is 2.59 bits per heavy atom. The van der Waals surface area contributed by atoms with Gasteiger partial charge in [0.1, 0.15) is 0 Å². The largest absolute Gasteiger partial charge is 0.328 e. The van der Waals surface area contributed by atoms with E-state index >= 15 is 0 Å². The summed E-state index contributed by atoms with van der Waals surface area (Å²) < 4.78 is 5.29. The Labute approximate surface area is 102 Å². The number of nitrogens with zero attached hydrogens (tertiary/aromatic N) is 3. The van der Waals surface area contributed by atoms with Crippen LogP contribution in [0.2, 0.25) is 0 Å². The molecule has 1 fully saturated rings. The van der Waals surface area contributed by atoms with Gasteiger partial charge in [-0.1, -0.05) is 12.1 Å². The van der Waals surface area contributed by atoms with Crippen molar-refractivity contribution in [3.05, 3.63) is 5.82 Å². The zero-order valence-electron chi connectivity index (χ0n) is 10.7. The van der Waals surface area contributed by atoms with Gasteiger partial charge in [0.25, 0.3) is 0 Å². The van der Waals surface area contributed by atoms with Crippen LogP contribution in [0, 0.1) is 6.92 Å². The first-order chi connectivity index (χ1) is 8.20. The van der Waals surface area contributed by atoms with Crippen LogP contribution in [0.25, 0.3) is 0 Å². The number of rotatable bonds is 4. The first-order valence-electron chi connectivity index (χ1n) is 6.53. The lowest BCUT2D eigenvalue weighted by atomic mass is 9.91. The van der Waals surface area contributed by atoms with Gasteiger partial charge in [-0.25, -0.2) is 0 Å². The number of aromatic nitrogens is 2. The van der Waals surface area contributed by atoms with Gasteiger partial charge in [-0.3, -0.25) is 0 Å². The second-order valence-electron chi connectivity index (χ2n) is 4.89. The minimum Gasteiger partial charge on any atom is -0.328 e. The lowest BCUT2D eigenvalue weighted by Gasteiger charge is -2.34. The smallest absolute Gasteiger partial charge is 0.324 e. The quantitative estimate of drug-likeness (QED) is 0.867. The standard InChI is InChI=1S/C12H22N4O/c1-3-8-16(12-14-9(2)15-17-12)11-6-4-10(13)5-7-11/h10-11H,3-8,13H2,1-2H3. The second kappa shape index (κ2) is 5.49. The Morgan fingerprint density at radius 1 is 1.35 bits per heavy atom. The van der Waals surface area contributed by atoms with Crippen LogP contribution in [0.4, 0.5) is 6.01 Å². The number of aryl methyl sites for hydroxylation is 1. The van der Waals surface area contributed by atoms with Gasteiger partial charge in [-0.05, 0) is 39.0 Å². The summed E-state index contributed by atoms with van der Waals surface area (Å²) in [6.07, 6.45) is 5.53. The summed E-state index contributed by atoms with van der Waals surface area (Å²) in [6, 6.07) is 1.55. The summed E-state index contributed by atoms with van der Waals surface area (Å²) in [5, 5.41) is 3.88. The van der Waals surface area contributed by atoms with Crippen LogP contribution >= 0.6 is 0 Å². The molecule has 17 heavy (non-hydrogen) atoms. The number of hydrogen-bond acceptors (Lipinski definition) is 5. The number of anilines is 1. The van der Waals surface area contributed by atoms with Gasteiger partial charge in [0.15, 0.2) is 5.82 Å². The van der Waals surface area contributed by atoms with Crippen molar-refractivity contribution >= 4 is 6.01 Å². The van der Waals surface area contributed by atoms with Gasteiger partial charge in [-0.2, -0.15) is 4.98 Å². The average Bonchev–Trinajstić information content (AvgIpc) is 2.74. The third-order valence-corrected chi connectivity index (χ3v) is 3.41. The normalized spacial score (nSPS) is 24.9. The molecule has 1 aliphatic carbocycles. The highest BCUT2D eigenvalue weighted by Crippen LogP contribution is 2.26. The van der Waals surface area contributed by atoms with Gasteiger partial charge in [0.05, 0.1) is 0 Å². The van der Waals surface area contributed by atoms with Crippen LogP contribution in [-0.2, 0) is 0 Å². The molecule has 5 nitrogen and oxygen atoms in total. The van der Waals surface area contributed by atoms with Crippen molar-refractivity contribution < 1.29 is 4.52 Å². The zero-order chi connectivity index (χ0) is 12.3. The van der Waals surface area contributed by atoms with Crippen LogP contribution in [-0.4, -0.2) is 28.8 Å². The SMILES string of the molecule is CCCN(c1nc(C)no1)C1CCC(N)CC1. The molecule has 0 spiro atoms. The Kier molecular flexibility index (Phi) is 3.99. The molecule has 1 heterocycles. The molecule has 0 atom stereocenters. The molecule has 1 saturated carbocycles. The predicted molar refractivity (Wildman–Crippen MR) is 66.9 cm³/mol. The van der Waals surface area contributed by atoms with Gasteiger partial charge < -0.3 is 15.2 Å². The van der Waals surface area contributed by atoms with E-state index < -0.39 is 0 Å². The van der Waals surface area contributed by atoms with Gasteiger partial charge in [0.2, 0.25) is 0 Å². The third-order valence-electron chi connectivity index (χ3n) is 3.41. The molecule has 0 aromatic carbocycles. The fraction of sp³-hybridized carbons (Fsp3) is 0.833.